The maximum atomic E-state index is 13.3. The molecule has 0 aliphatic rings. The predicted octanol–water partition coefficient (Wildman–Crippen LogP) is 1.44. The Kier molecular flexibility index (Phi) is 4.84. The van der Waals surface area contributed by atoms with Crippen LogP contribution in [0.4, 0.5) is 8.78 Å². The number of phenolic OH excluding ortho intramolecular Hbond substituents is 1. The first kappa shape index (κ1) is 13.4. The summed E-state index contributed by atoms with van der Waals surface area (Å²) in [6, 6.07) is 1.23. The van der Waals surface area contributed by atoms with Crippen LogP contribution in [0, 0.1) is 11.6 Å². The van der Waals surface area contributed by atoms with Crippen LogP contribution in [0.15, 0.2) is 12.1 Å². The number of hydrogen-bond donors (Lipinski definition) is 2. The van der Waals surface area contributed by atoms with Gasteiger partial charge in [0.25, 0.3) is 5.91 Å². The van der Waals surface area contributed by atoms with Crippen LogP contribution in [-0.4, -0.2) is 31.3 Å². The number of aromatic hydroxyl groups is 1. The Hall–Kier alpha value is -1.69. The van der Waals surface area contributed by atoms with Gasteiger partial charge in [-0.25, -0.2) is 8.78 Å². The van der Waals surface area contributed by atoms with Crippen molar-refractivity contribution < 1.29 is 23.4 Å². The molecule has 1 amide bonds. The molecule has 1 rings (SSSR count). The van der Waals surface area contributed by atoms with E-state index >= 15 is 0 Å². The van der Waals surface area contributed by atoms with Crippen molar-refractivity contribution in [1.29, 1.82) is 0 Å². The average molecular weight is 245 g/mol. The van der Waals surface area contributed by atoms with Crippen LogP contribution in [0.5, 0.6) is 5.75 Å². The van der Waals surface area contributed by atoms with Gasteiger partial charge in [-0.15, -0.1) is 0 Å². The van der Waals surface area contributed by atoms with E-state index in [1.807, 2.05) is 0 Å². The summed E-state index contributed by atoms with van der Waals surface area (Å²) in [5.74, 6) is -3.52. The number of phenols is 1. The fourth-order valence-electron chi connectivity index (χ4n) is 1.29. The minimum atomic E-state index is -1.09. The summed E-state index contributed by atoms with van der Waals surface area (Å²) in [5.41, 5.74) is -0.552. The first-order chi connectivity index (χ1) is 8.06. The smallest absolute Gasteiger partial charge is 0.258 e. The largest absolute Gasteiger partial charge is 0.507 e. The quantitative estimate of drug-likeness (QED) is 0.772. The molecule has 6 heteroatoms. The standard InChI is InChI=1S/C11H13F2NO3/c1-17-4-2-3-14-11(16)10-8(13)5-7(12)6-9(10)15/h5-6,15H,2-4H2,1H3,(H,14,16). The SMILES string of the molecule is COCCCNC(=O)c1c(O)cc(F)cc1F. The lowest BCUT2D eigenvalue weighted by Gasteiger charge is -2.07. The van der Waals surface area contributed by atoms with Gasteiger partial charge in [0.05, 0.1) is 0 Å². The summed E-state index contributed by atoms with van der Waals surface area (Å²) in [7, 11) is 1.52. The van der Waals surface area contributed by atoms with E-state index in [4.69, 9.17) is 4.74 Å². The Balaban J connectivity index is 2.69. The maximum Gasteiger partial charge on any atom is 0.258 e. The fourth-order valence-corrected chi connectivity index (χ4v) is 1.29. The van der Waals surface area contributed by atoms with Crippen molar-refractivity contribution in [1.82, 2.24) is 5.32 Å². The zero-order valence-electron chi connectivity index (χ0n) is 9.30. The lowest BCUT2D eigenvalue weighted by molar-refractivity contribution is 0.0941. The van der Waals surface area contributed by atoms with Gasteiger partial charge >= 0.3 is 0 Å². The Morgan fingerprint density at radius 3 is 2.76 bits per heavy atom. The Bertz CT molecular complexity index is 387. The number of halogens is 2. The van der Waals surface area contributed by atoms with E-state index in [9.17, 15) is 18.7 Å². The lowest BCUT2D eigenvalue weighted by Crippen LogP contribution is -2.26. The third-order valence-electron chi connectivity index (χ3n) is 2.07. The van der Waals surface area contributed by atoms with Gasteiger partial charge in [-0.2, -0.15) is 0 Å². The van der Waals surface area contributed by atoms with Crippen LogP contribution in [-0.2, 0) is 4.74 Å². The van der Waals surface area contributed by atoms with E-state index in [0.717, 1.165) is 0 Å². The average Bonchev–Trinajstić information content (AvgIpc) is 2.23. The Morgan fingerprint density at radius 1 is 1.47 bits per heavy atom. The summed E-state index contributed by atoms with van der Waals surface area (Å²) in [4.78, 5) is 11.5. The van der Waals surface area contributed by atoms with Crippen LogP contribution in [0.2, 0.25) is 0 Å². The predicted molar refractivity (Wildman–Crippen MR) is 56.8 cm³/mol. The number of rotatable bonds is 5. The number of amides is 1. The van der Waals surface area contributed by atoms with Gasteiger partial charge in [-0.3, -0.25) is 4.79 Å². The molecule has 1 aromatic rings. The number of benzene rings is 1. The molecule has 0 saturated heterocycles. The van der Waals surface area contributed by atoms with Gasteiger partial charge in [-0.1, -0.05) is 0 Å². The zero-order valence-corrected chi connectivity index (χ0v) is 9.30. The van der Waals surface area contributed by atoms with Crippen molar-refractivity contribution in [2.75, 3.05) is 20.3 Å². The molecule has 94 valence electrons. The number of ether oxygens (including phenoxy) is 1. The van der Waals surface area contributed by atoms with E-state index in [1.165, 1.54) is 7.11 Å². The summed E-state index contributed by atoms with van der Waals surface area (Å²) < 4.78 is 30.7. The molecule has 4 nitrogen and oxygen atoms in total. The molecular weight excluding hydrogens is 232 g/mol. The second-order valence-electron chi connectivity index (χ2n) is 3.38. The van der Waals surface area contributed by atoms with E-state index < -0.39 is 28.9 Å². The molecule has 0 bridgehead atoms. The molecule has 0 aromatic heterocycles. The first-order valence-electron chi connectivity index (χ1n) is 5.01. The summed E-state index contributed by atoms with van der Waals surface area (Å²) in [6.07, 6.45) is 0.561. The van der Waals surface area contributed by atoms with Gasteiger partial charge in [0.2, 0.25) is 0 Å². The molecule has 0 fully saturated rings. The van der Waals surface area contributed by atoms with Crippen molar-refractivity contribution in [2.24, 2.45) is 0 Å². The van der Waals surface area contributed by atoms with Gasteiger partial charge < -0.3 is 15.2 Å². The Morgan fingerprint density at radius 2 is 2.18 bits per heavy atom. The molecular formula is C11H13F2NO3. The third kappa shape index (κ3) is 3.67. The summed E-state index contributed by atoms with van der Waals surface area (Å²) in [5, 5.41) is 11.7. The van der Waals surface area contributed by atoms with Gasteiger partial charge in [0.1, 0.15) is 22.9 Å². The van der Waals surface area contributed by atoms with Crippen LogP contribution >= 0.6 is 0 Å². The van der Waals surface area contributed by atoms with E-state index in [0.29, 0.717) is 25.2 Å². The van der Waals surface area contributed by atoms with Crippen LogP contribution in [0.3, 0.4) is 0 Å². The van der Waals surface area contributed by atoms with Crippen LogP contribution < -0.4 is 5.32 Å². The van der Waals surface area contributed by atoms with E-state index in [2.05, 4.69) is 5.32 Å². The normalized spacial score (nSPS) is 10.3. The highest BCUT2D eigenvalue weighted by Gasteiger charge is 2.17. The van der Waals surface area contributed by atoms with Crippen molar-refractivity contribution in [2.45, 2.75) is 6.42 Å². The number of methoxy groups -OCH3 is 1. The molecule has 0 spiro atoms. The summed E-state index contributed by atoms with van der Waals surface area (Å²) >= 11 is 0. The van der Waals surface area contributed by atoms with Crippen molar-refractivity contribution in [3.63, 3.8) is 0 Å². The lowest BCUT2D eigenvalue weighted by atomic mass is 10.1. The monoisotopic (exact) mass is 245 g/mol. The van der Waals surface area contributed by atoms with E-state index in [-0.39, 0.29) is 6.54 Å². The van der Waals surface area contributed by atoms with Crippen LogP contribution in [0.1, 0.15) is 16.8 Å². The highest BCUT2D eigenvalue weighted by atomic mass is 19.1. The molecule has 0 radical (unpaired) electrons. The first-order valence-corrected chi connectivity index (χ1v) is 5.01. The summed E-state index contributed by atoms with van der Waals surface area (Å²) in [6.45, 7) is 0.737. The minimum Gasteiger partial charge on any atom is -0.507 e. The Labute approximate surface area is 97.2 Å². The number of hydrogen-bond acceptors (Lipinski definition) is 3. The molecule has 0 heterocycles. The molecule has 1 aromatic carbocycles. The maximum absolute atomic E-state index is 13.3. The molecule has 17 heavy (non-hydrogen) atoms. The number of nitrogens with one attached hydrogen (secondary N) is 1. The molecule has 0 saturated carbocycles. The molecule has 0 aliphatic heterocycles. The molecule has 0 atom stereocenters. The minimum absolute atomic E-state index is 0.281. The topological polar surface area (TPSA) is 58.6 Å². The van der Waals surface area contributed by atoms with Crippen molar-refractivity contribution in [3.8, 4) is 5.75 Å². The zero-order chi connectivity index (χ0) is 12.8. The highest BCUT2D eigenvalue weighted by Crippen LogP contribution is 2.21. The second kappa shape index (κ2) is 6.15. The van der Waals surface area contributed by atoms with Gasteiger partial charge in [0.15, 0.2) is 0 Å². The molecule has 2 N–H and O–H groups in total. The molecule has 0 aliphatic carbocycles. The third-order valence-corrected chi connectivity index (χ3v) is 2.07. The number of carbonyl (C=O) groups excluding carboxylic acids is 1. The van der Waals surface area contributed by atoms with Crippen molar-refractivity contribution in [3.05, 3.63) is 29.3 Å². The molecule has 0 unspecified atom stereocenters. The van der Waals surface area contributed by atoms with Gasteiger partial charge in [0, 0.05) is 32.4 Å². The van der Waals surface area contributed by atoms with Crippen molar-refractivity contribution >= 4 is 5.91 Å². The number of carbonyl (C=O) groups is 1. The second-order valence-corrected chi connectivity index (χ2v) is 3.38. The van der Waals surface area contributed by atoms with Gasteiger partial charge in [-0.05, 0) is 6.42 Å². The van der Waals surface area contributed by atoms with E-state index in [1.54, 1.807) is 0 Å². The van der Waals surface area contributed by atoms with Crippen LogP contribution in [0.25, 0.3) is 0 Å². The fraction of sp³-hybridized carbons (Fsp3) is 0.364. The highest BCUT2D eigenvalue weighted by molar-refractivity contribution is 5.97.